The molecule has 4 aromatic carbocycles. The Kier molecular flexibility index (Phi) is 10.9. The van der Waals surface area contributed by atoms with Crippen molar-refractivity contribution in [1.82, 2.24) is 9.80 Å². The molecule has 0 unspecified atom stereocenters. The van der Waals surface area contributed by atoms with E-state index in [2.05, 4.69) is 56.1 Å². The Bertz CT molecular complexity index is 1420. The number of amides is 2. The minimum Gasteiger partial charge on any atom is -0.492 e. The summed E-state index contributed by atoms with van der Waals surface area (Å²) in [6, 6.07) is 31.3. The predicted molar refractivity (Wildman–Crippen MR) is 176 cm³/mol. The van der Waals surface area contributed by atoms with E-state index in [0.717, 1.165) is 21.8 Å². The van der Waals surface area contributed by atoms with Gasteiger partial charge in [0.25, 0.3) is 11.8 Å². The third-order valence-electron chi connectivity index (χ3n) is 7.41. The fourth-order valence-corrected chi connectivity index (χ4v) is 6.02. The largest absolute Gasteiger partial charge is 0.492 e. The van der Waals surface area contributed by atoms with Gasteiger partial charge >= 0.3 is 0 Å². The Morgan fingerprint density at radius 2 is 1.00 bits per heavy atom. The lowest BCUT2D eigenvalue weighted by Crippen LogP contribution is -2.37. The maximum atomic E-state index is 13.4. The molecule has 1 fully saturated rings. The quantitative estimate of drug-likeness (QED) is 0.172. The second-order valence-corrected chi connectivity index (χ2v) is 12.1. The molecule has 0 atom stereocenters. The zero-order valence-electron chi connectivity index (χ0n) is 23.9. The van der Waals surface area contributed by atoms with Gasteiger partial charge in [-0.15, -0.1) is 0 Å². The molecular weight excluding hydrogens is 672 g/mol. The van der Waals surface area contributed by atoms with Crippen molar-refractivity contribution < 1.29 is 19.1 Å². The molecule has 0 bridgehead atoms. The van der Waals surface area contributed by atoms with Crippen LogP contribution >= 0.6 is 31.9 Å². The Morgan fingerprint density at radius 3 is 1.40 bits per heavy atom. The molecule has 1 aliphatic rings. The molecule has 4 aromatic rings. The molecule has 5 rings (SSSR count). The number of halogens is 2. The second kappa shape index (κ2) is 15.2. The summed E-state index contributed by atoms with van der Waals surface area (Å²) in [7, 11) is 0. The zero-order chi connectivity index (χ0) is 30.0. The average Bonchev–Trinajstić information content (AvgIpc) is 3.29. The van der Waals surface area contributed by atoms with Gasteiger partial charge in [0.2, 0.25) is 0 Å². The van der Waals surface area contributed by atoms with E-state index in [4.69, 9.17) is 9.47 Å². The van der Waals surface area contributed by atoms with E-state index in [1.54, 1.807) is 12.1 Å². The third-order valence-corrected chi connectivity index (χ3v) is 8.65. The Hall–Kier alpha value is -3.62. The van der Waals surface area contributed by atoms with Crippen LogP contribution in [0.1, 0.15) is 38.3 Å². The van der Waals surface area contributed by atoms with Crippen molar-refractivity contribution in [3.63, 3.8) is 0 Å². The fraction of sp³-hybridized carbons (Fsp3) is 0.257. The van der Waals surface area contributed by atoms with Gasteiger partial charge in [0.1, 0.15) is 11.5 Å². The highest BCUT2D eigenvalue weighted by Gasteiger charge is 2.24. The molecule has 0 radical (unpaired) electrons. The summed E-state index contributed by atoms with van der Waals surface area (Å²) in [5.74, 6) is 1.31. The van der Waals surface area contributed by atoms with Crippen LogP contribution in [-0.4, -0.2) is 61.0 Å². The molecule has 6 nitrogen and oxygen atoms in total. The maximum Gasteiger partial charge on any atom is 0.253 e. The summed E-state index contributed by atoms with van der Waals surface area (Å²) in [5.41, 5.74) is 3.61. The summed E-state index contributed by atoms with van der Waals surface area (Å²) >= 11 is 7.14. The van der Waals surface area contributed by atoms with Gasteiger partial charge < -0.3 is 19.3 Å². The van der Waals surface area contributed by atoms with Crippen molar-refractivity contribution >= 4 is 43.7 Å². The molecule has 0 saturated carbocycles. The van der Waals surface area contributed by atoms with Gasteiger partial charge in [-0.25, -0.2) is 0 Å². The molecule has 43 heavy (non-hydrogen) atoms. The van der Waals surface area contributed by atoms with Crippen LogP contribution in [0.25, 0.3) is 0 Å². The van der Waals surface area contributed by atoms with Gasteiger partial charge in [-0.05, 0) is 85.8 Å². The lowest BCUT2D eigenvalue weighted by molar-refractivity contribution is 0.0718. The van der Waals surface area contributed by atoms with E-state index >= 15 is 0 Å². The summed E-state index contributed by atoms with van der Waals surface area (Å²) < 4.78 is 13.4. The van der Waals surface area contributed by atoms with Crippen LogP contribution in [0.15, 0.2) is 106 Å². The second-order valence-electron chi connectivity index (χ2n) is 10.4. The number of rotatable bonds is 10. The number of hydrogen-bond donors (Lipinski definition) is 0. The minimum atomic E-state index is -0.0504. The van der Waals surface area contributed by atoms with Crippen LogP contribution in [0.4, 0.5) is 0 Å². The smallest absolute Gasteiger partial charge is 0.253 e. The summed E-state index contributed by atoms with van der Waals surface area (Å²) in [4.78, 5) is 30.4. The van der Waals surface area contributed by atoms with Gasteiger partial charge in [0.15, 0.2) is 0 Å². The van der Waals surface area contributed by atoms with Gasteiger partial charge in [-0.2, -0.15) is 0 Å². The van der Waals surface area contributed by atoms with Gasteiger partial charge in [0.05, 0.1) is 22.2 Å². The number of hydrogen-bond acceptors (Lipinski definition) is 4. The molecular formula is C35H34Br2N2O4. The number of carbonyl (C=O) groups excluding carboxylic acids is 2. The van der Waals surface area contributed by atoms with Crippen LogP contribution in [0.5, 0.6) is 11.5 Å². The molecule has 2 amide bonds. The number of ether oxygens (including phenoxy) is 2. The van der Waals surface area contributed by atoms with E-state index in [0.29, 0.717) is 68.4 Å². The standard InChI is InChI=1S/C35H34Br2N2O4/c36-30-24-28(12-14-32(30)42-22-16-26-8-3-1-4-9-26)34(40)38-18-7-19-39(21-20-38)35(41)29-13-15-33(31(37)25-29)43-23-17-27-10-5-2-6-11-27/h1-6,8-15,24-25H,7,16-23H2. The first kappa shape index (κ1) is 30.8. The van der Waals surface area contributed by atoms with Crippen LogP contribution in [-0.2, 0) is 12.8 Å². The van der Waals surface area contributed by atoms with Crippen LogP contribution in [0.2, 0.25) is 0 Å². The van der Waals surface area contributed by atoms with E-state index in [9.17, 15) is 9.59 Å². The lowest BCUT2D eigenvalue weighted by Gasteiger charge is -2.23. The Labute approximate surface area is 269 Å². The van der Waals surface area contributed by atoms with E-state index < -0.39 is 0 Å². The third kappa shape index (κ3) is 8.48. The highest BCUT2D eigenvalue weighted by Crippen LogP contribution is 2.28. The van der Waals surface area contributed by atoms with Crippen molar-refractivity contribution in [2.24, 2.45) is 0 Å². The van der Waals surface area contributed by atoms with Gasteiger partial charge in [0, 0.05) is 50.1 Å². The van der Waals surface area contributed by atoms with Gasteiger partial charge in [-0.1, -0.05) is 60.7 Å². The molecule has 1 heterocycles. The molecule has 0 aromatic heterocycles. The number of carbonyl (C=O) groups is 2. The highest BCUT2D eigenvalue weighted by molar-refractivity contribution is 9.10. The Balaban J connectivity index is 1.12. The molecule has 0 N–H and O–H groups in total. The van der Waals surface area contributed by atoms with Crippen molar-refractivity contribution in [3.05, 3.63) is 128 Å². The molecule has 1 saturated heterocycles. The molecule has 0 aliphatic carbocycles. The van der Waals surface area contributed by atoms with Crippen LogP contribution < -0.4 is 9.47 Å². The minimum absolute atomic E-state index is 0.0504. The zero-order valence-corrected chi connectivity index (χ0v) is 27.1. The summed E-state index contributed by atoms with van der Waals surface area (Å²) in [5, 5.41) is 0. The first-order chi connectivity index (χ1) is 21.0. The maximum absolute atomic E-state index is 13.4. The van der Waals surface area contributed by atoms with Crippen molar-refractivity contribution in [2.75, 3.05) is 39.4 Å². The summed E-state index contributed by atoms with van der Waals surface area (Å²) in [6.07, 6.45) is 2.32. The molecule has 1 aliphatic heterocycles. The fourth-order valence-electron chi connectivity index (χ4n) is 5.04. The lowest BCUT2D eigenvalue weighted by atomic mass is 10.1. The topological polar surface area (TPSA) is 59.1 Å². The van der Waals surface area contributed by atoms with Crippen molar-refractivity contribution in [1.29, 1.82) is 0 Å². The highest BCUT2D eigenvalue weighted by atomic mass is 79.9. The van der Waals surface area contributed by atoms with Crippen molar-refractivity contribution in [3.8, 4) is 11.5 Å². The van der Waals surface area contributed by atoms with E-state index in [-0.39, 0.29) is 11.8 Å². The number of benzene rings is 4. The van der Waals surface area contributed by atoms with E-state index in [1.165, 1.54) is 11.1 Å². The normalized spacial score (nSPS) is 13.3. The van der Waals surface area contributed by atoms with Crippen molar-refractivity contribution in [2.45, 2.75) is 19.3 Å². The Morgan fingerprint density at radius 1 is 0.581 bits per heavy atom. The molecule has 8 heteroatoms. The SMILES string of the molecule is O=C(c1ccc(OCCc2ccccc2)c(Br)c1)N1CCCN(C(=O)c2ccc(OCCc3ccccc3)c(Br)c2)CC1. The van der Waals surface area contributed by atoms with E-state index in [1.807, 2.05) is 70.5 Å². The van der Waals surface area contributed by atoms with Gasteiger partial charge in [-0.3, -0.25) is 9.59 Å². The molecule has 0 spiro atoms. The van der Waals surface area contributed by atoms with Crippen LogP contribution in [0, 0.1) is 0 Å². The monoisotopic (exact) mass is 704 g/mol. The first-order valence-corrected chi connectivity index (χ1v) is 16.1. The van der Waals surface area contributed by atoms with Crippen LogP contribution in [0.3, 0.4) is 0 Å². The predicted octanol–water partition coefficient (Wildman–Crippen LogP) is 7.44. The first-order valence-electron chi connectivity index (χ1n) is 14.5. The number of nitrogens with zero attached hydrogens (tertiary/aromatic N) is 2. The summed E-state index contributed by atoms with van der Waals surface area (Å²) in [6.45, 7) is 3.22. The molecule has 222 valence electrons. The average molecular weight is 706 g/mol.